The Morgan fingerprint density at radius 1 is 1.29 bits per heavy atom. The Morgan fingerprint density at radius 3 is 2.79 bits per heavy atom. The highest BCUT2D eigenvalue weighted by atomic mass is 32.2. The number of carbonyl (C=O) groups is 1. The van der Waals surface area contributed by atoms with Crippen LogP contribution in [0.2, 0.25) is 0 Å². The fraction of sp³-hybridized carbons (Fsp3) is 0.250. The number of nitrogens with one attached hydrogen (secondary N) is 1. The number of anilines is 2. The molecule has 1 N–H and O–H groups in total. The largest absolute Gasteiger partial charge is 0.490 e. The Balaban J connectivity index is 1.97. The van der Waals surface area contributed by atoms with Crippen molar-refractivity contribution < 1.29 is 17.9 Å². The van der Waals surface area contributed by atoms with Crippen LogP contribution in [0.25, 0.3) is 0 Å². The van der Waals surface area contributed by atoms with Crippen LogP contribution in [0.15, 0.2) is 41.4 Å². The maximum Gasteiger partial charge on any atom is 0.263 e. The predicted octanol–water partition coefficient (Wildman–Crippen LogP) is 1.94. The van der Waals surface area contributed by atoms with Gasteiger partial charge in [-0.15, -0.1) is 0 Å². The minimum absolute atomic E-state index is 0.0429. The predicted molar refractivity (Wildman–Crippen MR) is 89.7 cm³/mol. The first-order valence-corrected chi connectivity index (χ1v) is 8.85. The van der Waals surface area contributed by atoms with E-state index in [1.54, 1.807) is 18.2 Å². The molecule has 0 radical (unpaired) electrons. The van der Waals surface area contributed by atoms with Crippen LogP contribution in [0.5, 0.6) is 5.75 Å². The van der Waals surface area contributed by atoms with E-state index in [9.17, 15) is 13.2 Å². The molecule has 1 aliphatic heterocycles. The van der Waals surface area contributed by atoms with Gasteiger partial charge in [0, 0.05) is 13.1 Å². The average molecular weight is 347 g/mol. The van der Waals surface area contributed by atoms with Crippen molar-refractivity contribution in [2.24, 2.45) is 0 Å². The Bertz CT molecular complexity index is 896. The molecule has 126 valence electrons. The van der Waals surface area contributed by atoms with E-state index in [1.807, 2.05) is 6.92 Å². The molecule has 7 nitrogen and oxygen atoms in total. The van der Waals surface area contributed by atoms with Gasteiger partial charge in [0.1, 0.15) is 18.2 Å². The van der Waals surface area contributed by atoms with Crippen LogP contribution in [-0.2, 0) is 14.8 Å². The van der Waals surface area contributed by atoms with Gasteiger partial charge in [0.15, 0.2) is 0 Å². The molecular formula is C16H17N3O4S. The normalized spacial score (nSPS) is 13.8. The van der Waals surface area contributed by atoms with Gasteiger partial charge in [-0.2, -0.15) is 0 Å². The average Bonchev–Trinajstić information content (AvgIpc) is 2.53. The van der Waals surface area contributed by atoms with Crippen LogP contribution in [0.4, 0.5) is 11.5 Å². The van der Waals surface area contributed by atoms with E-state index < -0.39 is 10.0 Å². The van der Waals surface area contributed by atoms with Crippen LogP contribution in [0, 0.1) is 6.92 Å². The number of aromatic nitrogens is 1. The summed E-state index contributed by atoms with van der Waals surface area (Å²) >= 11 is 0. The zero-order valence-electron chi connectivity index (χ0n) is 13.3. The zero-order valence-corrected chi connectivity index (χ0v) is 14.1. The second-order valence-electron chi connectivity index (χ2n) is 5.47. The van der Waals surface area contributed by atoms with E-state index in [0.717, 1.165) is 5.56 Å². The Morgan fingerprint density at radius 2 is 2.08 bits per heavy atom. The highest BCUT2D eigenvalue weighted by Gasteiger charge is 2.24. The van der Waals surface area contributed by atoms with Crippen molar-refractivity contribution in [2.75, 3.05) is 22.8 Å². The number of pyridine rings is 1. The summed E-state index contributed by atoms with van der Waals surface area (Å²) in [7, 11) is -3.82. The number of benzene rings is 1. The molecule has 8 heteroatoms. The summed E-state index contributed by atoms with van der Waals surface area (Å²) in [6, 6.07) is 7.86. The number of rotatable bonds is 3. The summed E-state index contributed by atoms with van der Waals surface area (Å²) in [5.74, 6) is 0.568. The molecule has 0 unspecified atom stereocenters. The molecule has 1 aliphatic rings. The van der Waals surface area contributed by atoms with Crippen molar-refractivity contribution in [3.05, 3.63) is 42.1 Å². The number of sulfonamides is 1. The molecule has 0 saturated carbocycles. The molecule has 24 heavy (non-hydrogen) atoms. The molecule has 1 aromatic heterocycles. The number of amides is 1. The second kappa shape index (κ2) is 6.12. The summed E-state index contributed by atoms with van der Waals surface area (Å²) < 4.78 is 33.1. The first-order chi connectivity index (χ1) is 11.4. The standard InChI is InChI=1S/C16H17N3O4S/c1-11-5-6-17-16(9-11)18-24(21,22)13-3-4-15-14(10-13)19(12(2)20)7-8-23-15/h3-6,9-10H,7-8H2,1-2H3,(H,17,18). The van der Waals surface area contributed by atoms with Gasteiger partial charge in [-0.1, -0.05) is 0 Å². The van der Waals surface area contributed by atoms with Gasteiger partial charge in [-0.05, 0) is 42.8 Å². The van der Waals surface area contributed by atoms with Crippen LogP contribution in [0.3, 0.4) is 0 Å². The smallest absolute Gasteiger partial charge is 0.263 e. The van der Waals surface area contributed by atoms with Crippen LogP contribution < -0.4 is 14.4 Å². The molecule has 0 atom stereocenters. The minimum Gasteiger partial charge on any atom is -0.490 e. The highest BCUT2D eigenvalue weighted by molar-refractivity contribution is 7.92. The number of hydrogen-bond acceptors (Lipinski definition) is 5. The van der Waals surface area contributed by atoms with Crippen molar-refractivity contribution in [3.63, 3.8) is 0 Å². The number of hydrogen-bond donors (Lipinski definition) is 1. The lowest BCUT2D eigenvalue weighted by Crippen LogP contribution is -2.36. The Kier molecular flexibility index (Phi) is 4.15. The fourth-order valence-corrected chi connectivity index (χ4v) is 3.50. The van der Waals surface area contributed by atoms with Gasteiger partial charge in [0.2, 0.25) is 5.91 Å². The van der Waals surface area contributed by atoms with Gasteiger partial charge in [-0.25, -0.2) is 13.4 Å². The first-order valence-electron chi connectivity index (χ1n) is 7.37. The lowest BCUT2D eigenvalue weighted by molar-refractivity contribution is -0.116. The van der Waals surface area contributed by atoms with Gasteiger partial charge in [0.05, 0.1) is 17.1 Å². The monoisotopic (exact) mass is 347 g/mol. The van der Waals surface area contributed by atoms with Gasteiger partial charge >= 0.3 is 0 Å². The molecule has 0 aliphatic carbocycles. The molecular weight excluding hydrogens is 330 g/mol. The fourth-order valence-electron chi connectivity index (χ4n) is 2.48. The van der Waals surface area contributed by atoms with Crippen LogP contribution in [0.1, 0.15) is 12.5 Å². The van der Waals surface area contributed by atoms with Crippen molar-refractivity contribution in [1.29, 1.82) is 0 Å². The summed E-state index contributed by atoms with van der Waals surface area (Å²) in [6.07, 6.45) is 1.53. The number of nitrogens with zero attached hydrogens (tertiary/aromatic N) is 2. The SMILES string of the molecule is CC(=O)N1CCOc2ccc(S(=O)(=O)Nc3cc(C)ccn3)cc21. The molecule has 0 saturated heterocycles. The summed E-state index contributed by atoms with van der Waals surface area (Å²) in [6.45, 7) is 4.05. The number of ether oxygens (including phenoxy) is 1. The van der Waals surface area contributed by atoms with E-state index in [2.05, 4.69) is 9.71 Å². The van der Waals surface area contributed by atoms with E-state index in [-0.39, 0.29) is 16.6 Å². The zero-order chi connectivity index (χ0) is 17.3. The molecule has 1 amide bonds. The van der Waals surface area contributed by atoms with Crippen LogP contribution >= 0.6 is 0 Å². The van der Waals surface area contributed by atoms with Crippen LogP contribution in [-0.4, -0.2) is 32.5 Å². The molecule has 1 aromatic carbocycles. The molecule has 3 rings (SSSR count). The number of aryl methyl sites for hydroxylation is 1. The third-order valence-electron chi connectivity index (χ3n) is 3.64. The van der Waals surface area contributed by atoms with E-state index >= 15 is 0 Å². The van der Waals surface area contributed by atoms with Gasteiger partial charge in [-0.3, -0.25) is 9.52 Å². The third-order valence-corrected chi connectivity index (χ3v) is 4.99. The van der Waals surface area contributed by atoms with E-state index in [0.29, 0.717) is 24.6 Å². The quantitative estimate of drug-likeness (QED) is 0.916. The molecule has 0 spiro atoms. The van der Waals surface area contributed by atoms with Crippen molar-refractivity contribution in [1.82, 2.24) is 4.98 Å². The Hall–Kier alpha value is -2.61. The number of fused-ring (bicyclic) bond motifs is 1. The van der Waals surface area contributed by atoms with Crippen molar-refractivity contribution in [2.45, 2.75) is 18.7 Å². The summed E-state index contributed by atoms with van der Waals surface area (Å²) in [4.78, 5) is 17.3. The molecule has 0 bridgehead atoms. The summed E-state index contributed by atoms with van der Waals surface area (Å²) in [5.41, 5.74) is 1.35. The number of carbonyl (C=O) groups excluding carboxylic acids is 1. The van der Waals surface area contributed by atoms with Gasteiger partial charge < -0.3 is 9.64 Å². The molecule has 2 aromatic rings. The highest BCUT2D eigenvalue weighted by Crippen LogP contribution is 2.34. The molecule has 0 fully saturated rings. The maximum atomic E-state index is 12.6. The lowest BCUT2D eigenvalue weighted by Gasteiger charge is -2.29. The van der Waals surface area contributed by atoms with Crippen molar-refractivity contribution >= 4 is 27.4 Å². The topological polar surface area (TPSA) is 88.6 Å². The third kappa shape index (κ3) is 3.18. The minimum atomic E-state index is -3.82. The maximum absolute atomic E-state index is 12.6. The second-order valence-corrected chi connectivity index (χ2v) is 7.15. The van der Waals surface area contributed by atoms with E-state index in [1.165, 1.54) is 30.2 Å². The van der Waals surface area contributed by atoms with E-state index in [4.69, 9.17) is 4.74 Å². The first kappa shape index (κ1) is 16.3. The Labute approximate surface area is 140 Å². The van der Waals surface area contributed by atoms with Gasteiger partial charge in [0.25, 0.3) is 10.0 Å². The molecule has 2 heterocycles. The summed E-state index contributed by atoms with van der Waals surface area (Å²) in [5, 5.41) is 0. The lowest BCUT2D eigenvalue weighted by atomic mass is 10.2. The van der Waals surface area contributed by atoms with Crippen molar-refractivity contribution in [3.8, 4) is 5.75 Å².